The molecule has 4 amide bonds. The second-order valence-corrected chi connectivity index (χ2v) is 9.26. The Balaban J connectivity index is 1.25. The maximum Gasteiger partial charge on any atom is 0.320 e. The van der Waals surface area contributed by atoms with Crippen molar-refractivity contribution in [1.82, 2.24) is 15.2 Å². The van der Waals surface area contributed by atoms with E-state index in [0.717, 1.165) is 22.9 Å². The molecule has 7 heteroatoms. The standard InChI is InChI=1S/C27H24N4O3/c32-25-23-18-8-9-19(14-18)24(23)26(33)31(25)22(13-16-5-2-1-3-6-16)30-27(34)29-20-10-11-21-17(15-20)7-4-12-28-21/h1-12,15,18-19,22-24H,13-14H2,(H2,29,30,34). The molecule has 1 aliphatic heterocycles. The van der Waals surface area contributed by atoms with Crippen LogP contribution in [0.4, 0.5) is 10.5 Å². The first-order valence-electron chi connectivity index (χ1n) is 11.6. The van der Waals surface area contributed by atoms with Crippen LogP contribution < -0.4 is 10.6 Å². The van der Waals surface area contributed by atoms with Crippen molar-refractivity contribution in [3.05, 3.63) is 84.6 Å². The van der Waals surface area contributed by atoms with Crippen molar-refractivity contribution in [1.29, 1.82) is 0 Å². The summed E-state index contributed by atoms with van der Waals surface area (Å²) in [5.41, 5.74) is 2.37. The number of nitrogens with zero attached hydrogens (tertiary/aromatic N) is 2. The van der Waals surface area contributed by atoms with Gasteiger partial charge >= 0.3 is 6.03 Å². The van der Waals surface area contributed by atoms with Gasteiger partial charge in [-0.05, 0) is 48.1 Å². The number of likely N-dealkylation sites (tertiary alicyclic amines) is 1. The molecule has 2 fully saturated rings. The number of benzene rings is 2. The summed E-state index contributed by atoms with van der Waals surface area (Å²) in [5.74, 6) is -0.727. The lowest BCUT2D eigenvalue weighted by Gasteiger charge is -2.29. The fourth-order valence-corrected chi connectivity index (χ4v) is 5.75. The molecule has 2 aromatic carbocycles. The van der Waals surface area contributed by atoms with E-state index in [1.165, 1.54) is 4.90 Å². The van der Waals surface area contributed by atoms with Crippen molar-refractivity contribution in [3.8, 4) is 0 Å². The van der Waals surface area contributed by atoms with Gasteiger partial charge in [0.05, 0.1) is 17.4 Å². The molecule has 170 valence electrons. The number of nitrogens with one attached hydrogen (secondary N) is 2. The van der Waals surface area contributed by atoms with Gasteiger partial charge in [0, 0.05) is 23.7 Å². The Hall–Kier alpha value is -4.00. The average Bonchev–Trinajstić information content (AvgIpc) is 3.53. The Morgan fingerprint density at radius 1 is 0.971 bits per heavy atom. The monoisotopic (exact) mass is 452 g/mol. The molecule has 6 rings (SSSR count). The van der Waals surface area contributed by atoms with Gasteiger partial charge in [-0.25, -0.2) is 4.79 Å². The lowest BCUT2D eigenvalue weighted by Crippen LogP contribution is -2.53. The van der Waals surface area contributed by atoms with Crippen LogP contribution in [0.1, 0.15) is 12.0 Å². The van der Waals surface area contributed by atoms with Crippen molar-refractivity contribution >= 4 is 34.4 Å². The fourth-order valence-electron chi connectivity index (χ4n) is 5.75. The van der Waals surface area contributed by atoms with Crippen LogP contribution in [-0.4, -0.2) is 33.9 Å². The topological polar surface area (TPSA) is 91.4 Å². The predicted molar refractivity (Wildman–Crippen MR) is 127 cm³/mol. The molecule has 1 saturated carbocycles. The zero-order valence-electron chi connectivity index (χ0n) is 18.4. The van der Waals surface area contributed by atoms with Gasteiger partial charge in [-0.2, -0.15) is 0 Å². The molecule has 2 N–H and O–H groups in total. The van der Waals surface area contributed by atoms with Gasteiger partial charge in [0.1, 0.15) is 6.17 Å². The first-order chi connectivity index (χ1) is 16.6. The molecule has 34 heavy (non-hydrogen) atoms. The first-order valence-corrected chi connectivity index (χ1v) is 11.6. The third-order valence-corrected chi connectivity index (χ3v) is 7.25. The van der Waals surface area contributed by atoms with Crippen LogP contribution in [0.5, 0.6) is 0 Å². The summed E-state index contributed by atoms with van der Waals surface area (Å²) in [6, 6.07) is 18.3. The Labute approximate surface area is 196 Å². The van der Waals surface area contributed by atoms with Gasteiger partial charge in [-0.3, -0.25) is 19.5 Å². The number of carbonyl (C=O) groups is 3. The number of rotatable bonds is 5. The molecule has 2 aliphatic carbocycles. The molecular weight excluding hydrogens is 428 g/mol. The highest BCUT2D eigenvalue weighted by atomic mass is 16.2. The van der Waals surface area contributed by atoms with Gasteiger partial charge in [0.25, 0.3) is 0 Å². The third-order valence-electron chi connectivity index (χ3n) is 7.25. The van der Waals surface area contributed by atoms with Crippen LogP contribution in [0.2, 0.25) is 0 Å². The van der Waals surface area contributed by atoms with Gasteiger partial charge < -0.3 is 10.6 Å². The van der Waals surface area contributed by atoms with Crippen LogP contribution in [0.25, 0.3) is 10.9 Å². The number of carbonyl (C=O) groups excluding carboxylic acids is 3. The molecule has 2 bridgehead atoms. The van der Waals surface area contributed by atoms with E-state index in [-0.39, 0.29) is 35.5 Å². The molecule has 3 aromatic rings. The van der Waals surface area contributed by atoms with Gasteiger partial charge in [0.15, 0.2) is 0 Å². The van der Waals surface area contributed by atoms with Crippen molar-refractivity contribution in [2.45, 2.75) is 19.0 Å². The van der Waals surface area contributed by atoms with Crippen LogP contribution >= 0.6 is 0 Å². The highest BCUT2D eigenvalue weighted by Gasteiger charge is 2.60. The van der Waals surface area contributed by atoms with E-state index in [1.807, 2.05) is 54.6 Å². The number of amides is 4. The number of pyridine rings is 1. The van der Waals surface area contributed by atoms with E-state index in [0.29, 0.717) is 12.1 Å². The summed E-state index contributed by atoms with van der Waals surface area (Å²) < 4.78 is 0. The van der Waals surface area contributed by atoms with E-state index in [9.17, 15) is 14.4 Å². The largest absolute Gasteiger partial charge is 0.320 e. The number of hydrogen-bond donors (Lipinski definition) is 2. The Kier molecular flexibility index (Phi) is 4.90. The highest BCUT2D eigenvalue weighted by molar-refractivity contribution is 6.07. The maximum absolute atomic E-state index is 13.4. The smallest absolute Gasteiger partial charge is 0.317 e. The fraction of sp³-hybridized carbons (Fsp3) is 0.259. The van der Waals surface area contributed by atoms with E-state index < -0.39 is 12.2 Å². The number of hydrogen-bond acceptors (Lipinski definition) is 4. The summed E-state index contributed by atoms with van der Waals surface area (Å²) in [7, 11) is 0. The molecule has 1 aromatic heterocycles. The normalized spacial score (nSPS) is 25.6. The SMILES string of the molecule is O=C(Nc1ccc2ncccc2c1)NC(Cc1ccccc1)N1C(=O)C2C3C=CC(C3)C2C1=O. The van der Waals surface area contributed by atoms with E-state index >= 15 is 0 Å². The minimum Gasteiger partial charge on any atom is -0.317 e. The second-order valence-electron chi connectivity index (χ2n) is 9.26. The van der Waals surface area contributed by atoms with E-state index in [2.05, 4.69) is 27.8 Å². The van der Waals surface area contributed by atoms with Gasteiger partial charge in [-0.15, -0.1) is 0 Å². The molecular formula is C27H24N4O3. The number of urea groups is 1. The summed E-state index contributed by atoms with van der Waals surface area (Å²) in [6.45, 7) is 0. The Morgan fingerprint density at radius 2 is 1.71 bits per heavy atom. The van der Waals surface area contributed by atoms with Crippen molar-refractivity contribution in [3.63, 3.8) is 0 Å². The molecule has 5 atom stereocenters. The minimum atomic E-state index is -0.769. The van der Waals surface area contributed by atoms with Crippen LogP contribution in [-0.2, 0) is 16.0 Å². The zero-order valence-corrected chi connectivity index (χ0v) is 18.4. The predicted octanol–water partition coefficient (Wildman–Crippen LogP) is 3.73. The lowest BCUT2D eigenvalue weighted by molar-refractivity contribution is -0.143. The molecule has 0 radical (unpaired) electrons. The van der Waals surface area contributed by atoms with Crippen LogP contribution in [0.3, 0.4) is 0 Å². The molecule has 5 unspecified atom stereocenters. The van der Waals surface area contributed by atoms with Crippen LogP contribution in [0.15, 0.2) is 79.0 Å². The van der Waals surface area contributed by atoms with Gasteiger partial charge in [-0.1, -0.05) is 48.6 Å². The number of aromatic nitrogens is 1. The molecule has 0 spiro atoms. The summed E-state index contributed by atoms with van der Waals surface area (Å²) >= 11 is 0. The number of fused-ring (bicyclic) bond motifs is 6. The van der Waals surface area contributed by atoms with E-state index in [4.69, 9.17) is 0 Å². The lowest BCUT2D eigenvalue weighted by atomic mass is 9.85. The molecule has 3 aliphatic rings. The minimum absolute atomic E-state index is 0.119. The number of allylic oxidation sites excluding steroid dienone is 2. The van der Waals surface area contributed by atoms with Crippen molar-refractivity contribution in [2.24, 2.45) is 23.7 Å². The van der Waals surface area contributed by atoms with Crippen molar-refractivity contribution in [2.75, 3.05) is 5.32 Å². The second kappa shape index (κ2) is 8.09. The Morgan fingerprint density at radius 3 is 2.44 bits per heavy atom. The first kappa shape index (κ1) is 20.6. The highest BCUT2D eigenvalue weighted by Crippen LogP contribution is 2.52. The van der Waals surface area contributed by atoms with Gasteiger partial charge in [0.2, 0.25) is 11.8 Å². The summed E-state index contributed by atoms with van der Waals surface area (Å²) in [4.78, 5) is 45.4. The average molecular weight is 453 g/mol. The van der Waals surface area contributed by atoms with E-state index in [1.54, 1.807) is 12.3 Å². The number of imide groups is 1. The zero-order chi connectivity index (χ0) is 23.2. The molecule has 1 saturated heterocycles. The quantitative estimate of drug-likeness (QED) is 0.456. The third kappa shape index (κ3) is 3.44. The van der Waals surface area contributed by atoms with Crippen LogP contribution in [0, 0.1) is 23.7 Å². The van der Waals surface area contributed by atoms with Crippen molar-refractivity contribution < 1.29 is 14.4 Å². The molecule has 2 heterocycles. The maximum atomic E-state index is 13.4. The molecule has 7 nitrogen and oxygen atoms in total. The number of anilines is 1. The Bertz CT molecular complexity index is 1290. The summed E-state index contributed by atoms with van der Waals surface area (Å²) in [5, 5.41) is 6.65. The summed E-state index contributed by atoms with van der Waals surface area (Å²) in [6.07, 6.45) is 6.31.